The van der Waals surface area contributed by atoms with E-state index < -0.39 is 26.6 Å². The summed E-state index contributed by atoms with van der Waals surface area (Å²) < 4.78 is 42.2. The molecule has 0 bridgehead atoms. The number of thiazole rings is 1. The Kier molecular flexibility index (Phi) is 5.37. The van der Waals surface area contributed by atoms with Gasteiger partial charge in [0.15, 0.2) is 0 Å². The number of piperidine rings is 1. The third-order valence-electron chi connectivity index (χ3n) is 4.88. The minimum Gasteiger partial charge on any atom is -0.322 e. The van der Waals surface area contributed by atoms with Crippen LogP contribution in [-0.4, -0.2) is 36.7 Å². The molecule has 1 fully saturated rings. The number of benzene rings is 2. The predicted octanol–water partition coefficient (Wildman–Crippen LogP) is 4.17. The van der Waals surface area contributed by atoms with Gasteiger partial charge in [0, 0.05) is 24.3 Å². The highest BCUT2D eigenvalue weighted by molar-refractivity contribution is 7.89. The number of carbonyl (C=O) groups excluding carboxylic acids is 1. The SMILES string of the molecule is Cc1nc2ccc(NC(=O)c3ccc(F)c(S(=O)(=O)N4CCCCC4)c3)cc2s1. The van der Waals surface area contributed by atoms with Crippen molar-refractivity contribution < 1.29 is 17.6 Å². The number of hydrogen-bond acceptors (Lipinski definition) is 5. The second-order valence-electron chi connectivity index (χ2n) is 6.98. The number of fused-ring (bicyclic) bond motifs is 1. The highest BCUT2D eigenvalue weighted by Crippen LogP contribution is 2.26. The van der Waals surface area contributed by atoms with Crippen LogP contribution in [0.15, 0.2) is 41.3 Å². The van der Waals surface area contributed by atoms with Gasteiger partial charge in [-0.25, -0.2) is 17.8 Å². The fraction of sp³-hybridized carbons (Fsp3) is 0.300. The smallest absolute Gasteiger partial charge is 0.255 e. The molecule has 4 rings (SSSR count). The maximum atomic E-state index is 14.3. The number of halogens is 1. The lowest BCUT2D eigenvalue weighted by atomic mass is 10.2. The molecule has 1 aliphatic heterocycles. The highest BCUT2D eigenvalue weighted by Gasteiger charge is 2.29. The van der Waals surface area contributed by atoms with Crippen LogP contribution in [0, 0.1) is 12.7 Å². The summed E-state index contributed by atoms with van der Waals surface area (Å²) in [4.78, 5) is 16.6. The molecule has 1 amide bonds. The van der Waals surface area contributed by atoms with Gasteiger partial charge < -0.3 is 5.32 Å². The Morgan fingerprint density at radius 2 is 1.90 bits per heavy atom. The van der Waals surface area contributed by atoms with Gasteiger partial charge in [0.25, 0.3) is 5.91 Å². The van der Waals surface area contributed by atoms with Gasteiger partial charge in [-0.1, -0.05) is 6.42 Å². The summed E-state index contributed by atoms with van der Waals surface area (Å²) in [7, 11) is -3.98. The number of anilines is 1. The predicted molar refractivity (Wildman–Crippen MR) is 111 cm³/mol. The van der Waals surface area contributed by atoms with Crippen LogP contribution in [0.4, 0.5) is 10.1 Å². The molecule has 2 aromatic carbocycles. The Labute approximate surface area is 172 Å². The van der Waals surface area contributed by atoms with Crippen molar-refractivity contribution in [2.75, 3.05) is 18.4 Å². The number of aromatic nitrogens is 1. The molecule has 0 aliphatic carbocycles. The fourth-order valence-corrected chi connectivity index (χ4v) is 5.88. The molecule has 0 atom stereocenters. The summed E-state index contributed by atoms with van der Waals surface area (Å²) in [6, 6.07) is 8.78. The average Bonchev–Trinajstić information content (AvgIpc) is 3.08. The van der Waals surface area contributed by atoms with Crippen LogP contribution in [0.1, 0.15) is 34.6 Å². The number of sulfonamides is 1. The zero-order chi connectivity index (χ0) is 20.6. The maximum Gasteiger partial charge on any atom is 0.255 e. The van der Waals surface area contributed by atoms with Crippen molar-refractivity contribution in [3.8, 4) is 0 Å². The van der Waals surface area contributed by atoms with Gasteiger partial charge in [-0.3, -0.25) is 4.79 Å². The van der Waals surface area contributed by atoms with Crippen molar-refractivity contribution in [1.29, 1.82) is 0 Å². The molecular weight excluding hydrogens is 413 g/mol. The van der Waals surface area contributed by atoms with E-state index in [2.05, 4.69) is 10.3 Å². The van der Waals surface area contributed by atoms with E-state index in [4.69, 9.17) is 0 Å². The Hall–Kier alpha value is -2.36. The van der Waals surface area contributed by atoms with Crippen LogP contribution in [0.2, 0.25) is 0 Å². The highest BCUT2D eigenvalue weighted by atomic mass is 32.2. The Bertz CT molecular complexity index is 1180. The molecular formula is C20H20FN3O3S2. The van der Waals surface area contributed by atoms with E-state index in [0.717, 1.165) is 46.6 Å². The second kappa shape index (κ2) is 7.81. The summed E-state index contributed by atoms with van der Waals surface area (Å²) in [5.41, 5.74) is 1.50. The maximum absolute atomic E-state index is 14.3. The van der Waals surface area contributed by atoms with Crippen molar-refractivity contribution in [2.45, 2.75) is 31.1 Å². The van der Waals surface area contributed by atoms with Gasteiger partial charge in [-0.15, -0.1) is 11.3 Å². The molecule has 0 radical (unpaired) electrons. The van der Waals surface area contributed by atoms with E-state index in [1.807, 2.05) is 19.1 Å². The summed E-state index contributed by atoms with van der Waals surface area (Å²) in [5.74, 6) is -1.35. The number of rotatable bonds is 4. The molecule has 9 heteroatoms. The van der Waals surface area contributed by atoms with E-state index in [1.54, 1.807) is 6.07 Å². The number of carbonyl (C=O) groups is 1. The van der Waals surface area contributed by atoms with Gasteiger partial charge in [-0.05, 0) is 56.2 Å². The number of nitrogens with zero attached hydrogens (tertiary/aromatic N) is 2. The fourth-order valence-electron chi connectivity index (χ4n) is 3.41. The molecule has 152 valence electrons. The van der Waals surface area contributed by atoms with Crippen LogP contribution < -0.4 is 5.32 Å². The molecule has 1 N–H and O–H groups in total. The number of hydrogen-bond donors (Lipinski definition) is 1. The van der Waals surface area contributed by atoms with Gasteiger partial charge in [0.1, 0.15) is 10.7 Å². The van der Waals surface area contributed by atoms with Crippen LogP contribution >= 0.6 is 11.3 Å². The van der Waals surface area contributed by atoms with Gasteiger partial charge in [-0.2, -0.15) is 4.31 Å². The minimum atomic E-state index is -3.98. The molecule has 1 aliphatic rings. The van der Waals surface area contributed by atoms with Gasteiger partial charge in [0.2, 0.25) is 10.0 Å². The number of aryl methyl sites for hydroxylation is 1. The monoisotopic (exact) mass is 433 g/mol. The second-order valence-corrected chi connectivity index (χ2v) is 10.1. The first-order chi connectivity index (χ1) is 13.8. The van der Waals surface area contributed by atoms with Crippen LogP contribution in [0.3, 0.4) is 0 Å². The quantitative estimate of drug-likeness (QED) is 0.670. The van der Waals surface area contributed by atoms with Crippen molar-refractivity contribution >= 4 is 43.2 Å². The summed E-state index contributed by atoms with van der Waals surface area (Å²) >= 11 is 1.52. The number of nitrogens with one attached hydrogen (secondary N) is 1. The normalized spacial score (nSPS) is 15.5. The molecule has 0 spiro atoms. The lowest BCUT2D eigenvalue weighted by molar-refractivity contribution is 0.102. The molecule has 29 heavy (non-hydrogen) atoms. The molecule has 1 saturated heterocycles. The van der Waals surface area contributed by atoms with Crippen LogP contribution in [0.5, 0.6) is 0 Å². The van der Waals surface area contributed by atoms with E-state index >= 15 is 0 Å². The first kappa shape index (κ1) is 19.9. The first-order valence-electron chi connectivity index (χ1n) is 9.33. The Morgan fingerprint density at radius 1 is 1.14 bits per heavy atom. The molecule has 2 heterocycles. The summed E-state index contributed by atoms with van der Waals surface area (Å²) in [5, 5.41) is 3.67. The Balaban J connectivity index is 1.61. The Morgan fingerprint density at radius 3 is 2.66 bits per heavy atom. The molecule has 0 unspecified atom stereocenters. The van der Waals surface area contributed by atoms with Crippen LogP contribution in [0.25, 0.3) is 10.2 Å². The summed E-state index contributed by atoms with van der Waals surface area (Å²) in [6.45, 7) is 2.64. The zero-order valence-corrected chi connectivity index (χ0v) is 17.4. The number of amides is 1. The summed E-state index contributed by atoms with van der Waals surface area (Å²) in [6.07, 6.45) is 2.46. The standard InChI is InChI=1S/C20H20FN3O3S2/c1-13-22-17-8-6-15(12-18(17)28-13)23-20(25)14-5-7-16(21)19(11-14)29(26,27)24-9-3-2-4-10-24/h5-8,11-12H,2-4,9-10H2,1H3,(H,23,25). The lowest BCUT2D eigenvalue weighted by Gasteiger charge is -2.26. The molecule has 6 nitrogen and oxygen atoms in total. The molecule has 3 aromatic rings. The largest absolute Gasteiger partial charge is 0.322 e. The molecule has 1 aromatic heterocycles. The van der Waals surface area contributed by atoms with Crippen molar-refractivity contribution in [2.24, 2.45) is 0 Å². The average molecular weight is 434 g/mol. The first-order valence-corrected chi connectivity index (χ1v) is 11.6. The van der Waals surface area contributed by atoms with E-state index in [9.17, 15) is 17.6 Å². The van der Waals surface area contributed by atoms with Gasteiger partial charge in [0.05, 0.1) is 15.2 Å². The third-order valence-corrected chi connectivity index (χ3v) is 7.73. The van der Waals surface area contributed by atoms with Crippen molar-refractivity contribution in [3.05, 3.63) is 52.8 Å². The topological polar surface area (TPSA) is 79.4 Å². The zero-order valence-electron chi connectivity index (χ0n) is 15.8. The van der Waals surface area contributed by atoms with Crippen molar-refractivity contribution in [3.63, 3.8) is 0 Å². The lowest BCUT2D eigenvalue weighted by Crippen LogP contribution is -2.36. The van der Waals surface area contributed by atoms with Crippen molar-refractivity contribution in [1.82, 2.24) is 9.29 Å². The third kappa shape index (κ3) is 4.03. The van der Waals surface area contributed by atoms with Gasteiger partial charge >= 0.3 is 0 Å². The minimum absolute atomic E-state index is 0.0857. The molecule has 0 saturated carbocycles. The van der Waals surface area contributed by atoms with E-state index in [0.29, 0.717) is 18.8 Å². The van der Waals surface area contributed by atoms with E-state index in [1.165, 1.54) is 21.7 Å². The van der Waals surface area contributed by atoms with Crippen LogP contribution in [-0.2, 0) is 10.0 Å². The van der Waals surface area contributed by atoms with E-state index in [-0.39, 0.29) is 5.56 Å².